The maximum absolute atomic E-state index is 11.2. The van der Waals surface area contributed by atoms with Gasteiger partial charge in [0.15, 0.2) is 5.78 Å². The minimum atomic E-state index is -0.539. The summed E-state index contributed by atoms with van der Waals surface area (Å²) >= 11 is 0. The van der Waals surface area contributed by atoms with Crippen molar-refractivity contribution in [2.45, 2.75) is 26.0 Å². The number of aliphatic hydroxyl groups excluding tert-OH is 1. The molecule has 0 amide bonds. The standard InChI is InChI=1S/C20H23NO3/c1-15(22)16-6-8-20(9-7-16)24-14-19(23)13-21-11-10-17-4-2-3-5-18(17)12-21/h2-9,19,23H,10-14H2,1H3. The van der Waals surface area contributed by atoms with E-state index in [1.807, 2.05) is 0 Å². The lowest BCUT2D eigenvalue weighted by atomic mass is 10.00. The summed E-state index contributed by atoms with van der Waals surface area (Å²) < 4.78 is 5.63. The second-order valence-electron chi connectivity index (χ2n) is 6.30. The lowest BCUT2D eigenvalue weighted by Gasteiger charge is -2.30. The molecule has 0 radical (unpaired) electrons. The molecule has 0 aliphatic carbocycles. The molecule has 4 heteroatoms. The summed E-state index contributed by atoms with van der Waals surface area (Å²) in [5.74, 6) is 0.704. The van der Waals surface area contributed by atoms with Crippen molar-refractivity contribution in [1.82, 2.24) is 4.90 Å². The van der Waals surface area contributed by atoms with Gasteiger partial charge in [0.05, 0.1) is 0 Å². The SMILES string of the molecule is CC(=O)c1ccc(OCC(O)CN2CCc3ccccc3C2)cc1. The van der Waals surface area contributed by atoms with E-state index in [2.05, 4.69) is 29.2 Å². The Labute approximate surface area is 142 Å². The second-order valence-corrected chi connectivity index (χ2v) is 6.30. The van der Waals surface area contributed by atoms with Gasteiger partial charge in [0.1, 0.15) is 18.5 Å². The van der Waals surface area contributed by atoms with Gasteiger partial charge in [0, 0.05) is 25.2 Å². The second kappa shape index (κ2) is 7.60. The van der Waals surface area contributed by atoms with E-state index in [9.17, 15) is 9.90 Å². The van der Waals surface area contributed by atoms with E-state index in [1.54, 1.807) is 24.3 Å². The third-order valence-electron chi connectivity index (χ3n) is 4.38. The average Bonchev–Trinajstić information content (AvgIpc) is 2.60. The maximum Gasteiger partial charge on any atom is 0.159 e. The van der Waals surface area contributed by atoms with Gasteiger partial charge in [0.2, 0.25) is 0 Å². The highest BCUT2D eigenvalue weighted by Gasteiger charge is 2.18. The summed E-state index contributed by atoms with van der Waals surface area (Å²) in [5.41, 5.74) is 3.41. The zero-order chi connectivity index (χ0) is 16.9. The number of ketones is 1. The Balaban J connectivity index is 1.48. The lowest BCUT2D eigenvalue weighted by Crippen LogP contribution is -2.38. The van der Waals surface area contributed by atoms with Gasteiger partial charge in [-0.1, -0.05) is 24.3 Å². The molecule has 1 N–H and O–H groups in total. The number of hydrogen-bond donors (Lipinski definition) is 1. The van der Waals surface area contributed by atoms with E-state index in [0.717, 1.165) is 19.5 Å². The Hall–Kier alpha value is -2.17. The number of fused-ring (bicyclic) bond motifs is 1. The summed E-state index contributed by atoms with van der Waals surface area (Å²) in [4.78, 5) is 13.5. The molecular formula is C20H23NO3. The average molecular weight is 325 g/mol. The minimum Gasteiger partial charge on any atom is -0.491 e. The van der Waals surface area contributed by atoms with E-state index in [-0.39, 0.29) is 12.4 Å². The van der Waals surface area contributed by atoms with Gasteiger partial charge >= 0.3 is 0 Å². The van der Waals surface area contributed by atoms with Crippen molar-refractivity contribution in [3.05, 3.63) is 65.2 Å². The van der Waals surface area contributed by atoms with Gasteiger partial charge in [-0.15, -0.1) is 0 Å². The van der Waals surface area contributed by atoms with Crippen LogP contribution in [0.15, 0.2) is 48.5 Å². The molecule has 1 atom stereocenters. The Bertz CT molecular complexity index is 696. The largest absolute Gasteiger partial charge is 0.491 e. The van der Waals surface area contributed by atoms with E-state index in [4.69, 9.17) is 4.74 Å². The highest BCUT2D eigenvalue weighted by molar-refractivity contribution is 5.94. The third kappa shape index (κ3) is 4.22. The molecule has 126 valence electrons. The van der Waals surface area contributed by atoms with Crippen LogP contribution in [-0.2, 0) is 13.0 Å². The summed E-state index contributed by atoms with van der Waals surface area (Å²) in [6, 6.07) is 15.5. The van der Waals surface area contributed by atoms with Gasteiger partial charge in [-0.25, -0.2) is 0 Å². The Morgan fingerprint density at radius 2 is 1.88 bits per heavy atom. The first-order valence-electron chi connectivity index (χ1n) is 8.33. The number of ether oxygens (including phenoxy) is 1. The normalized spacial score (nSPS) is 15.6. The first-order chi connectivity index (χ1) is 11.6. The predicted molar refractivity (Wildman–Crippen MR) is 93.4 cm³/mol. The van der Waals surface area contributed by atoms with E-state index in [0.29, 0.717) is 17.9 Å². The van der Waals surface area contributed by atoms with Crippen molar-refractivity contribution in [3.63, 3.8) is 0 Å². The first-order valence-corrected chi connectivity index (χ1v) is 8.33. The zero-order valence-corrected chi connectivity index (χ0v) is 13.9. The topological polar surface area (TPSA) is 49.8 Å². The molecule has 2 aromatic rings. The summed E-state index contributed by atoms with van der Waals surface area (Å²) in [6.07, 6.45) is 0.485. The van der Waals surface area contributed by atoms with Crippen molar-refractivity contribution in [2.75, 3.05) is 19.7 Å². The molecule has 0 bridgehead atoms. The summed E-state index contributed by atoms with van der Waals surface area (Å²) in [5, 5.41) is 10.2. The van der Waals surface area contributed by atoms with Gasteiger partial charge in [-0.3, -0.25) is 9.69 Å². The number of nitrogens with zero attached hydrogens (tertiary/aromatic N) is 1. The van der Waals surface area contributed by atoms with E-state index >= 15 is 0 Å². The fraction of sp³-hybridized carbons (Fsp3) is 0.350. The molecule has 1 aliphatic heterocycles. The van der Waals surface area contributed by atoms with Gasteiger partial charge in [-0.05, 0) is 48.7 Å². The van der Waals surface area contributed by atoms with Crippen molar-refractivity contribution in [1.29, 1.82) is 0 Å². The third-order valence-corrected chi connectivity index (χ3v) is 4.38. The van der Waals surface area contributed by atoms with Crippen LogP contribution in [0.5, 0.6) is 5.75 Å². The lowest BCUT2D eigenvalue weighted by molar-refractivity contribution is 0.0637. The molecule has 4 nitrogen and oxygen atoms in total. The van der Waals surface area contributed by atoms with Gasteiger partial charge < -0.3 is 9.84 Å². The fourth-order valence-electron chi connectivity index (χ4n) is 3.04. The molecule has 1 heterocycles. The molecule has 1 unspecified atom stereocenters. The molecule has 0 saturated heterocycles. The number of carbonyl (C=O) groups excluding carboxylic acids is 1. The van der Waals surface area contributed by atoms with Crippen molar-refractivity contribution in [3.8, 4) is 5.75 Å². The van der Waals surface area contributed by atoms with Crippen molar-refractivity contribution < 1.29 is 14.6 Å². The molecular weight excluding hydrogens is 302 g/mol. The smallest absolute Gasteiger partial charge is 0.159 e. The van der Waals surface area contributed by atoms with Gasteiger partial charge in [0.25, 0.3) is 0 Å². The van der Waals surface area contributed by atoms with Crippen molar-refractivity contribution >= 4 is 5.78 Å². The maximum atomic E-state index is 11.2. The number of hydrogen-bond acceptors (Lipinski definition) is 4. The molecule has 3 rings (SSSR count). The summed E-state index contributed by atoms with van der Waals surface area (Å²) in [6.45, 7) is 4.22. The monoisotopic (exact) mass is 325 g/mol. The van der Waals surface area contributed by atoms with Gasteiger partial charge in [-0.2, -0.15) is 0 Å². The van der Waals surface area contributed by atoms with E-state index < -0.39 is 6.10 Å². The van der Waals surface area contributed by atoms with Crippen molar-refractivity contribution in [2.24, 2.45) is 0 Å². The quantitative estimate of drug-likeness (QED) is 0.830. The minimum absolute atomic E-state index is 0.0342. The Kier molecular flexibility index (Phi) is 5.28. The van der Waals surface area contributed by atoms with Crippen LogP contribution < -0.4 is 4.74 Å². The fourth-order valence-corrected chi connectivity index (χ4v) is 3.04. The first kappa shape index (κ1) is 16.7. The molecule has 24 heavy (non-hydrogen) atoms. The molecule has 0 aromatic heterocycles. The Morgan fingerprint density at radius 3 is 2.58 bits per heavy atom. The number of carbonyl (C=O) groups is 1. The van der Waals surface area contributed by atoms with Crippen LogP contribution in [-0.4, -0.2) is 41.6 Å². The number of rotatable bonds is 6. The van der Waals surface area contributed by atoms with Crippen LogP contribution in [0.3, 0.4) is 0 Å². The number of aliphatic hydroxyl groups is 1. The zero-order valence-electron chi connectivity index (χ0n) is 13.9. The van der Waals surface area contributed by atoms with Crippen LogP contribution in [0, 0.1) is 0 Å². The molecule has 0 saturated carbocycles. The highest BCUT2D eigenvalue weighted by Crippen LogP contribution is 2.19. The Morgan fingerprint density at radius 1 is 1.17 bits per heavy atom. The number of β-amino-alcohol motifs (C(OH)–C–C–N with tert-alkyl or cyclic N) is 1. The number of benzene rings is 2. The van der Waals surface area contributed by atoms with E-state index in [1.165, 1.54) is 18.1 Å². The molecule has 0 spiro atoms. The molecule has 1 aliphatic rings. The van der Waals surface area contributed by atoms with Crippen LogP contribution in [0.4, 0.5) is 0 Å². The van der Waals surface area contributed by atoms with Crippen LogP contribution in [0.2, 0.25) is 0 Å². The summed E-state index contributed by atoms with van der Waals surface area (Å²) in [7, 11) is 0. The molecule has 2 aromatic carbocycles. The van der Waals surface area contributed by atoms with Crippen LogP contribution in [0.25, 0.3) is 0 Å². The van der Waals surface area contributed by atoms with Crippen LogP contribution in [0.1, 0.15) is 28.4 Å². The predicted octanol–water partition coefficient (Wildman–Crippen LogP) is 2.69. The highest BCUT2D eigenvalue weighted by atomic mass is 16.5. The number of Topliss-reactive ketones (excluding diaryl/α,β-unsaturated/α-hetero) is 1. The molecule has 0 fully saturated rings. The van der Waals surface area contributed by atoms with Crippen LogP contribution >= 0.6 is 0 Å².